The molecule has 4 heteroatoms. The average molecular weight is 239 g/mol. The van der Waals surface area contributed by atoms with E-state index in [4.69, 9.17) is 5.11 Å². The first-order valence-electron chi connectivity index (χ1n) is 6.47. The summed E-state index contributed by atoms with van der Waals surface area (Å²) in [5, 5.41) is 11.9. The van der Waals surface area contributed by atoms with Crippen LogP contribution >= 0.6 is 0 Å². The van der Waals surface area contributed by atoms with Crippen LogP contribution in [0.4, 0.5) is 0 Å². The van der Waals surface area contributed by atoms with Gasteiger partial charge in [-0.15, -0.1) is 0 Å². The summed E-state index contributed by atoms with van der Waals surface area (Å²) >= 11 is 0. The molecule has 1 amide bonds. The molecule has 2 atom stereocenters. The lowest BCUT2D eigenvalue weighted by Gasteiger charge is -2.32. The number of carboxylic acids is 1. The Balaban J connectivity index is 1.80. The standard InChI is InChI=1S/C13H21NO3/c1-8(2)13(5-6-13)7-14-11(15)9-3-4-10(9)12(16)17/h8-10H,3-7H2,1-2H3,(H,14,15)(H,16,17). The smallest absolute Gasteiger partial charge is 0.307 e. The van der Waals surface area contributed by atoms with Crippen molar-refractivity contribution >= 4 is 11.9 Å². The Kier molecular flexibility index (Phi) is 3.15. The van der Waals surface area contributed by atoms with Gasteiger partial charge < -0.3 is 10.4 Å². The molecule has 96 valence electrons. The van der Waals surface area contributed by atoms with Gasteiger partial charge in [-0.05, 0) is 37.0 Å². The van der Waals surface area contributed by atoms with E-state index in [0.29, 0.717) is 18.9 Å². The van der Waals surface area contributed by atoms with Crippen LogP contribution < -0.4 is 5.32 Å². The lowest BCUT2D eigenvalue weighted by molar-refractivity contribution is -0.152. The highest BCUT2D eigenvalue weighted by atomic mass is 16.4. The van der Waals surface area contributed by atoms with Crippen molar-refractivity contribution in [2.75, 3.05) is 6.54 Å². The predicted octanol–water partition coefficient (Wildman–Crippen LogP) is 1.65. The Bertz CT molecular complexity index is 334. The first-order valence-corrected chi connectivity index (χ1v) is 6.47. The average Bonchev–Trinajstić information content (AvgIpc) is 2.92. The Labute approximate surface area is 102 Å². The fraction of sp³-hybridized carbons (Fsp3) is 0.846. The molecule has 0 aromatic rings. The van der Waals surface area contributed by atoms with E-state index >= 15 is 0 Å². The number of carbonyl (C=O) groups is 2. The molecule has 2 unspecified atom stereocenters. The number of amides is 1. The highest BCUT2D eigenvalue weighted by Gasteiger charge is 2.47. The molecule has 0 radical (unpaired) electrons. The summed E-state index contributed by atoms with van der Waals surface area (Å²) in [5.41, 5.74) is 0.290. The molecule has 17 heavy (non-hydrogen) atoms. The van der Waals surface area contributed by atoms with Crippen molar-refractivity contribution in [3.63, 3.8) is 0 Å². The summed E-state index contributed by atoms with van der Waals surface area (Å²) in [6.45, 7) is 5.08. The molecule has 0 bridgehead atoms. The molecule has 2 rings (SSSR count). The van der Waals surface area contributed by atoms with E-state index in [1.165, 1.54) is 12.8 Å². The van der Waals surface area contributed by atoms with Crippen LogP contribution in [0.25, 0.3) is 0 Å². The molecule has 2 fully saturated rings. The minimum atomic E-state index is -0.832. The monoisotopic (exact) mass is 239 g/mol. The lowest BCUT2D eigenvalue weighted by Crippen LogP contribution is -2.45. The van der Waals surface area contributed by atoms with Crippen LogP contribution in [0.1, 0.15) is 39.5 Å². The van der Waals surface area contributed by atoms with Crippen LogP contribution in [0.3, 0.4) is 0 Å². The van der Waals surface area contributed by atoms with E-state index in [1.54, 1.807) is 0 Å². The van der Waals surface area contributed by atoms with Crippen molar-refractivity contribution in [2.45, 2.75) is 39.5 Å². The summed E-state index contributed by atoms with van der Waals surface area (Å²) in [4.78, 5) is 22.7. The third kappa shape index (κ3) is 2.31. The Morgan fingerprint density at radius 3 is 2.24 bits per heavy atom. The van der Waals surface area contributed by atoms with E-state index < -0.39 is 11.9 Å². The Hall–Kier alpha value is -1.06. The van der Waals surface area contributed by atoms with Gasteiger partial charge in [0, 0.05) is 6.54 Å². The van der Waals surface area contributed by atoms with Gasteiger partial charge in [0.15, 0.2) is 0 Å². The van der Waals surface area contributed by atoms with Crippen molar-refractivity contribution in [1.29, 1.82) is 0 Å². The van der Waals surface area contributed by atoms with E-state index in [2.05, 4.69) is 19.2 Å². The van der Waals surface area contributed by atoms with Crippen molar-refractivity contribution in [3.8, 4) is 0 Å². The largest absolute Gasteiger partial charge is 0.481 e. The van der Waals surface area contributed by atoms with Crippen molar-refractivity contribution in [1.82, 2.24) is 5.32 Å². The Morgan fingerprint density at radius 1 is 1.29 bits per heavy atom. The zero-order chi connectivity index (χ0) is 12.6. The number of rotatable bonds is 5. The van der Waals surface area contributed by atoms with Gasteiger partial charge in [0.25, 0.3) is 0 Å². The van der Waals surface area contributed by atoms with Crippen LogP contribution in [-0.2, 0) is 9.59 Å². The van der Waals surface area contributed by atoms with Crippen LogP contribution in [0.2, 0.25) is 0 Å². The van der Waals surface area contributed by atoms with Gasteiger partial charge in [-0.1, -0.05) is 13.8 Å². The van der Waals surface area contributed by atoms with Gasteiger partial charge in [0.05, 0.1) is 11.8 Å². The van der Waals surface area contributed by atoms with Crippen LogP contribution in [-0.4, -0.2) is 23.5 Å². The highest BCUT2D eigenvalue weighted by molar-refractivity contribution is 5.86. The van der Waals surface area contributed by atoms with Gasteiger partial charge in [0.2, 0.25) is 5.91 Å². The minimum Gasteiger partial charge on any atom is -0.481 e. The zero-order valence-electron chi connectivity index (χ0n) is 10.5. The maximum absolute atomic E-state index is 11.9. The molecule has 2 N–H and O–H groups in total. The number of carbonyl (C=O) groups excluding carboxylic acids is 1. The SMILES string of the molecule is CC(C)C1(CNC(=O)C2CCC2C(=O)O)CC1. The number of hydrogen-bond acceptors (Lipinski definition) is 2. The summed E-state index contributed by atoms with van der Waals surface area (Å²) in [6, 6.07) is 0. The van der Waals surface area contributed by atoms with E-state index in [-0.39, 0.29) is 17.2 Å². The molecule has 4 nitrogen and oxygen atoms in total. The van der Waals surface area contributed by atoms with Gasteiger partial charge in [-0.2, -0.15) is 0 Å². The van der Waals surface area contributed by atoms with E-state index in [9.17, 15) is 9.59 Å². The lowest BCUT2D eigenvalue weighted by atomic mass is 9.73. The van der Waals surface area contributed by atoms with Gasteiger partial charge in [0.1, 0.15) is 0 Å². The molecule has 0 aliphatic heterocycles. The fourth-order valence-corrected chi connectivity index (χ4v) is 2.62. The molecule has 0 saturated heterocycles. The van der Waals surface area contributed by atoms with Crippen LogP contribution in [0.5, 0.6) is 0 Å². The summed E-state index contributed by atoms with van der Waals surface area (Å²) in [5.74, 6) is -1.06. The molecule has 0 spiro atoms. The normalized spacial score (nSPS) is 29.6. The van der Waals surface area contributed by atoms with Crippen molar-refractivity contribution in [2.24, 2.45) is 23.2 Å². The number of aliphatic carboxylic acids is 1. The fourth-order valence-electron chi connectivity index (χ4n) is 2.62. The molecule has 0 aromatic carbocycles. The third-order valence-electron chi connectivity index (χ3n) is 4.66. The first kappa shape index (κ1) is 12.4. The molecule has 2 saturated carbocycles. The maximum atomic E-state index is 11.9. The van der Waals surface area contributed by atoms with E-state index in [1.807, 2.05) is 0 Å². The minimum absolute atomic E-state index is 0.0597. The number of nitrogens with one attached hydrogen (secondary N) is 1. The third-order valence-corrected chi connectivity index (χ3v) is 4.66. The van der Waals surface area contributed by atoms with Gasteiger partial charge >= 0.3 is 5.97 Å². The van der Waals surface area contributed by atoms with Crippen molar-refractivity contribution in [3.05, 3.63) is 0 Å². The highest BCUT2D eigenvalue weighted by Crippen LogP contribution is 2.51. The van der Waals surface area contributed by atoms with Gasteiger partial charge in [-0.25, -0.2) is 0 Å². The molecular formula is C13H21NO3. The predicted molar refractivity (Wildman–Crippen MR) is 63.4 cm³/mol. The Morgan fingerprint density at radius 2 is 1.88 bits per heavy atom. The quantitative estimate of drug-likeness (QED) is 0.766. The zero-order valence-corrected chi connectivity index (χ0v) is 10.5. The molecular weight excluding hydrogens is 218 g/mol. The molecule has 0 heterocycles. The summed E-state index contributed by atoms with van der Waals surface area (Å²) < 4.78 is 0. The molecule has 0 aromatic heterocycles. The summed E-state index contributed by atoms with van der Waals surface area (Å²) in [6.07, 6.45) is 3.72. The number of hydrogen-bond donors (Lipinski definition) is 2. The van der Waals surface area contributed by atoms with E-state index in [0.717, 1.165) is 6.42 Å². The second-order valence-corrected chi connectivity index (χ2v) is 5.86. The second-order valence-electron chi connectivity index (χ2n) is 5.86. The van der Waals surface area contributed by atoms with Crippen LogP contribution in [0, 0.1) is 23.2 Å². The maximum Gasteiger partial charge on any atom is 0.307 e. The van der Waals surface area contributed by atoms with Crippen molar-refractivity contribution < 1.29 is 14.7 Å². The molecule has 2 aliphatic carbocycles. The van der Waals surface area contributed by atoms with Crippen LogP contribution in [0.15, 0.2) is 0 Å². The first-order chi connectivity index (χ1) is 7.96. The second kappa shape index (κ2) is 4.31. The molecule has 2 aliphatic rings. The van der Waals surface area contributed by atoms with Gasteiger partial charge in [-0.3, -0.25) is 9.59 Å². The topological polar surface area (TPSA) is 66.4 Å². The summed E-state index contributed by atoms with van der Waals surface area (Å²) in [7, 11) is 0. The number of carboxylic acid groups (broad SMARTS) is 1.